The zero-order valence-electron chi connectivity index (χ0n) is 11.6. The fourth-order valence-electron chi connectivity index (χ4n) is 2.89. The number of carbonyl (C=O) groups is 1. The van der Waals surface area contributed by atoms with E-state index in [2.05, 4.69) is 10.0 Å². The number of carboxylic acids is 1. The number of carboxylic acid groups (broad SMARTS) is 1. The average molecular weight is 291 g/mol. The van der Waals surface area contributed by atoms with Crippen LogP contribution in [-0.4, -0.2) is 17.1 Å². The van der Waals surface area contributed by atoms with Crippen LogP contribution in [0.5, 0.6) is 0 Å². The summed E-state index contributed by atoms with van der Waals surface area (Å²) in [6.45, 7) is 0. The summed E-state index contributed by atoms with van der Waals surface area (Å²) in [7, 11) is 0. The van der Waals surface area contributed by atoms with Crippen LogP contribution in [0.2, 0.25) is 0 Å². The van der Waals surface area contributed by atoms with Gasteiger partial charge in [-0.25, -0.2) is 0 Å². The quantitative estimate of drug-likeness (QED) is 0.525. The number of aliphatic carboxylic acids is 1. The lowest BCUT2D eigenvalue weighted by molar-refractivity contribution is -0.138. The van der Waals surface area contributed by atoms with Crippen LogP contribution >= 0.6 is 0 Å². The molecule has 0 unspecified atom stereocenters. The molecule has 0 heterocycles. The first-order valence-electron chi connectivity index (χ1n) is 6.85. The Kier molecular flexibility index (Phi) is 3.64. The number of rotatable bonds is 3. The Labute approximate surface area is 127 Å². The van der Waals surface area contributed by atoms with E-state index < -0.39 is 17.9 Å². The normalized spacial score (nSPS) is 14.2. The average Bonchev–Trinajstić information content (AvgIpc) is 2.69. The van der Waals surface area contributed by atoms with Crippen molar-refractivity contribution in [1.29, 1.82) is 0 Å². The number of azide groups is 1. The summed E-state index contributed by atoms with van der Waals surface area (Å²) < 4.78 is 0. The second-order valence-electron chi connectivity index (χ2n) is 5.06. The van der Waals surface area contributed by atoms with Gasteiger partial charge in [0.2, 0.25) is 0 Å². The minimum Gasteiger partial charge on any atom is -0.481 e. The molecule has 0 aliphatic heterocycles. The van der Waals surface area contributed by atoms with Crippen molar-refractivity contribution in [3.05, 3.63) is 81.2 Å². The summed E-state index contributed by atoms with van der Waals surface area (Å²) in [6, 6.07) is 14.0. The summed E-state index contributed by atoms with van der Waals surface area (Å²) in [5.74, 6) is -1.65. The summed E-state index contributed by atoms with van der Waals surface area (Å²) in [5, 5.41) is 13.1. The summed E-state index contributed by atoms with van der Waals surface area (Å²) in [6.07, 6.45) is 3.92. The molecule has 1 N–H and O–H groups in total. The Hall–Kier alpha value is -3.04. The number of hydrogen-bond donors (Lipinski definition) is 1. The minimum absolute atomic E-state index is 0.518. The predicted octanol–water partition coefficient (Wildman–Crippen LogP) is 4.07. The molecule has 0 saturated heterocycles. The minimum atomic E-state index is -1.19. The molecule has 1 aliphatic carbocycles. The number of nitrogens with zero attached hydrogens (tertiary/aromatic N) is 3. The van der Waals surface area contributed by atoms with Gasteiger partial charge in [0.15, 0.2) is 0 Å². The molecule has 5 heteroatoms. The zero-order chi connectivity index (χ0) is 15.5. The number of fused-ring (bicyclic) bond motifs is 2. The first-order chi connectivity index (χ1) is 10.7. The topological polar surface area (TPSA) is 86.1 Å². The van der Waals surface area contributed by atoms with Gasteiger partial charge in [-0.1, -0.05) is 65.8 Å². The van der Waals surface area contributed by atoms with E-state index in [0.717, 1.165) is 22.3 Å². The lowest BCUT2D eigenvalue weighted by atomic mass is 9.82. The third-order valence-electron chi connectivity index (χ3n) is 3.85. The van der Waals surface area contributed by atoms with Crippen molar-refractivity contribution in [3.63, 3.8) is 0 Å². The first kappa shape index (κ1) is 13.9. The van der Waals surface area contributed by atoms with Gasteiger partial charge in [0.25, 0.3) is 0 Å². The van der Waals surface area contributed by atoms with E-state index in [1.807, 2.05) is 60.7 Å². The van der Waals surface area contributed by atoms with Gasteiger partial charge in [0, 0.05) is 10.8 Å². The summed E-state index contributed by atoms with van der Waals surface area (Å²) in [5.41, 5.74) is 12.3. The van der Waals surface area contributed by atoms with Crippen molar-refractivity contribution in [2.24, 2.45) is 5.11 Å². The third-order valence-corrected chi connectivity index (χ3v) is 3.85. The van der Waals surface area contributed by atoms with Crippen molar-refractivity contribution in [2.45, 2.75) is 12.0 Å². The zero-order valence-corrected chi connectivity index (χ0v) is 11.6. The van der Waals surface area contributed by atoms with Gasteiger partial charge in [0.1, 0.15) is 6.04 Å². The Morgan fingerprint density at radius 2 is 1.55 bits per heavy atom. The summed E-state index contributed by atoms with van der Waals surface area (Å²) >= 11 is 0. The molecule has 0 saturated carbocycles. The lowest BCUT2D eigenvalue weighted by Gasteiger charge is -2.23. The van der Waals surface area contributed by atoms with Crippen LogP contribution in [-0.2, 0) is 4.79 Å². The molecule has 2 aromatic rings. The molecule has 0 radical (unpaired) electrons. The standard InChI is InChI=1S/C17H13N3O2/c18-20-19-16(17(21)22)15-13-7-3-1-5-11(13)9-10-12-6-2-4-8-14(12)15/h1-10,15-16H,(H,21,22)/t16-/m1/s1. The molecule has 0 bridgehead atoms. The molecule has 0 amide bonds. The van der Waals surface area contributed by atoms with Crippen molar-refractivity contribution in [1.82, 2.24) is 0 Å². The van der Waals surface area contributed by atoms with Crippen LogP contribution in [0.15, 0.2) is 53.6 Å². The van der Waals surface area contributed by atoms with Crippen LogP contribution in [0.25, 0.3) is 22.6 Å². The Morgan fingerprint density at radius 3 is 2.00 bits per heavy atom. The lowest BCUT2D eigenvalue weighted by Crippen LogP contribution is -2.27. The van der Waals surface area contributed by atoms with Gasteiger partial charge in [0.05, 0.1) is 0 Å². The molecule has 2 aromatic carbocycles. The molecular weight excluding hydrogens is 278 g/mol. The fraction of sp³-hybridized carbons (Fsp3) is 0.118. The highest BCUT2D eigenvalue weighted by Gasteiger charge is 2.33. The van der Waals surface area contributed by atoms with E-state index in [1.165, 1.54) is 0 Å². The van der Waals surface area contributed by atoms with E-state index in [9.17, 15) is 9.90 Å². The highest BCUT2D eigenvalue weighted by molar-refractivity contribution is 5.81. The van der Waals surface area contributed by atoms with Crippen LogP contribution in [0, 0.1) is 0 Å². The maximum atomic E-state index is 11.6. The van der Waals surface area contributed by atoms with Crippen molar-refractivity contribution < 1.29 is 9.90 Å². The second kappa shape index (κ2) is 5.76. The van der Waals surface area contributed by atoms with Gasteiger partial charge in [-0.3, -0.25) is 4.79 Å². The van der Waals surface area contributed by atoms with Gasteiger partial charge >= 0.3 is 5.97 Å². The van der Waals surface area contributed by atoms with Gasteiger partial charge in [-0.15, -0.1) is 0 Å². The SMILES string of the molecule is [N-]=[N+]=N[C@@H](C(=O)O)C1c2ccccc2C=Cc2ccccc21. The largest absolute Gasteiger partial charge is 0.481 e. The molecule has 1 aliphatic rings. The molecule has 0 fully saturated rings. The van der Waals surface area contributed by atoms with Crippen molar-refractivity contribution >= 4 is 18.1 Å². The maximum Gasteiger partial charge on any atom is 0.313 e. The third kappa shape index (κ3) is 2.34. The van der Waals surface area contributed by atoms with Gasteiger partial charge < -0.3 is 5.11 Å². The second-order valence-corrected chi connectivity index (χ2v) is 5.06. The molecule has 1 atom stereocenters. The van der Waals surface area contributed by atoms with E-state index >= 15 is 0 Å². The Balaban J connectivity index is 2.29. The van der Waals surface area contributed by atoms with Crippen LogP contribution in [0.3, 0.4) is 0 Å². The van der Waals surface area contributed by atoms with Crippen LogP contribution in [0.1, 0.15) is 28.2 Å². The van der Waals surface area contributed by atoms with Crippen LogP contribution < -0.4 is 0 Å². The molecule has 0 spiro atoms. The van der Waals surface area contributed by atoms with Crippen molar-refractivity contribution in [3.8, 4) is 0 Å². The first-order valence-corrected chi connectivity index (χ1v) is 6.85. The van der Waals surface area contributed by atoms with Crippen LogP contribution in [0.4, 0.5) is 0 Å². The van der Waals surface area contributed by atoms with E-state index in [0.29, 0.717) is 0 Å². The van der Waals surface area contributed by atoms with E-state index in [4.69, 9.17) is 5.53 Å². The van der Waals surface area contributed by atoms with Crippen molar-refractivity contribution in [2.75, 3.05) is 0 Å². The molecule has 3 rings (SSSR count). The fourth-order valence-corrected chi connectivity index (χ4v) is 2.89. The molecule has 108 valence electrons. The highest BCUT2D eigenvalue weighted by atomic mass is 16.4. The van der Waals surface area contributed by atoms with Gasteiger partial charge in [-0.2, -0.15) is 0 Å². The highest BCUT2D eigenvalue weighted by Crippen LogP contribution is 2.37. The molecule has 22 heavy (non-hydrogen) atoms. The Bertz CT molecular complexity index is 756. The number of hydrogen-bond acceptors (Lipinski definition) is 2. The molecule has 0 aromatic heterocycles. The monoisotopic (exact) mass is 291 g/mol. The van der Waals surface area contributed by atoms with E-state index in [-0.39, 0.29) is 0 Å². The number of benzene rings is 2. The molecular formula is C17H13N3O2. The predicted molar refractivity (Wildman–Crippen MR) is 84.2 cm³/mol. The smallest absolute Gasteiger partial charge is 0.313 e. The van der Waals surface area contributed by atoms with Gasteiger partial charge in [-0.05, 0) is 27.8 Å². The van der Waals surface area contributed by atoms with E-state index in [1.54, 1.807) is 0 Å². The summed E-state index contributed by atoms with van der Waals surface area (Å²) in [4.78, 5) is 14.4. The maximum absolute atomic E-state index is 11.6. The Morgan fingerprint density at radius 1 is 1.05 bits per heavy atom. The molecule has 5 nitrogen and oxygen atoms in total.